The summed E-state index contributed by atoms with van der Waals surface area (Å²) in [7, 11) is 0. The number of nitrogens with one attached hydrogen (secondary N) is 2. The summed E-state index contributed by atoms with van der Waals surface area (Å²) in [5, 5.41) is 2.64. The summed E-state index contributed by atoms with van der Waals surface area (Å²) < 4.78 is 38.5. The van der Waals surface area contributed by atoms with E-state index in [1.54, 1.807) is 18.2 Å². The van der Waals surface area contributed by atoms with Crippen LogP contribution in [0.25, 0.3) is 10.9 Å². The number of hydrogen-bond acceptors (Lipinski definition) is 3. The summed E-state index contributed by atoms with van der Waals surface area (Å²) in [5.41, 5.74) is -1.78. The summed E-state index contributed by atoms with van der Waals surface area (Å²) >= 11 is 0. The molecular weight excluding hydrogens is 363 g/mol. The van der Waals surface area contributed by atoms with Gasteiger partial charge in [-0.1, -0.05) is 12.1 Å². The third kappa shape index (κ3) is 3.62. The van der Waals surface area contributed by atoms with Gasteiger partial charge in [-0.3, -0.25) is 9.59 Å². The number of alkyl halides is 3. The van der Waals surface area contributed by atoms with Crippen molar-refractivity contribution in [2.24, 2.45) is 0 Å². The molecule has 6 nitrogen and oxygen atoms in total. The van der Waals surface area contributed by atoms with Crippen molar-refractivity contribution in [3.63, 3.8) is 0 Å². The van der Waals surface area contributed by atoms with E-state index >= 15 is 0 Å². The number of anilines is 1. The lowest BCUT2D eigenvalue weighted by Gasteiger charge is -2.15. The third-order valence-electron chi connectivity index (χ3n) is 4.08. The minimum atomic E-state index is -4.48. The zero-order valence-corrected chi connectivity index (χ0v) is 14.0. The Morgan fingerprint density at radius 3 is 2.33 bits per heavy atom. The lowest BCUT2D eigenvalue weighted by atomic mass is 10.2. The fourth-order valence-corrected chi connectivity index (χ4v) is 2.63. The number of rotatable bonds is 3. The van der Waals surface area contributed by atoms with Crippen molar-refractivity contribution in [1.82, 2.24) is 9.55 Å². The number of carbonyl (C=O) groups is 1. The zero-order chi connectivity index (χ0) is 19.8. The fraction of sp³-hybridized carbons (Fsp3) is 0.167. The Balaban J connectivity index is 1.89. The minimum Gasteiger partial charge on any atom is -0.324 e. The van der Waals surface area contributed by atoms with Crippen LogP contribution < -0.4 is 16.6 Å². The molecule has 2 N–H and O–H groups in total. The molecule has 0 aliphatic heterocycles. The van der Waals surface area contributed by atoms with E-state index in [-0.39, 0.29) is 11.1 Å². The van der Waals surface area contributed by atoms with Crippen molar-refractivity contribution >= 4 is 22.5 Å². The van der Waals surface area contributed by atoms with Crippen LogP contribution in [0.5, 0.6) is 0 Å². The molecule has 0 bridgehead atoms. The predicted octanol–water partition coefficient (Wildman–Crippen LogP) is 2.91. The number of hydrogen-bond donors (Lipinski definition) is 2. The number of H-pyrrole nitrogens is 1. The first-order chi connectivity index (χ1) is 12.7. The van der Waals surface area contributed by atoms with Crippen LogP contribution in [0.1, 0.15) is 18.5 Å². The molecule has 0 aliphatic rings. The van der Waals surface area contributed by atoms with Crippen LogP contribution in [0.2, 0.25) is 0 Å². The Morgan fingerprint density at radius 1 is 1.07 bits per heavy atom. The smallest absolute Gasteiger partial charge is 0.324 e. The molecule has 3 aromatic rings. The summed E-state index contributed by atoms with van der Waals surface area (Å²) in [6.07, 6.45) is -4.48. The van der Waals surface area contributed by atoms with E-state index in [1.165, 1.54) is 13.0 Å². The van der Waals surface area contributed by atoms with Crippen molar-refractivity contribution in [3.8, 4) is 0 Å². The van der Waals surface area contributed by atoms with E-state index in [4.69, 9.17) is 0 Å². The van der Waals surface area contributed by atoms with Crippen LogP contribution in [0.3, 0.4) is 0 Å². The molecule has 0 saturated carbocycles. The monoisotopic (exact) mass is 377 g/mol. The molecule has 27 heavy (non-hydrogen) atoms. The van der Waals surface area contributed by atoms with Gasteiger partial charge in [-0.2, -0.15) is 13.2 Å². The first-order valence-electron chi connectivity index (χ1n) is 7.90. The van der Waals surface area contributed by atoms with Gasteiger partial charge in [0.05, 0.1) is 16.5 Å². The normalized spacial score (nSPS) is 12.7. The highest BCUT2D eigenvalue weighted by Gasteiger charge is 2.30. The number of carbonyl (C=O) groups excluding carboxylic acids is 1. The predicted molar refractivity (Wildman–Crippen MR) is 93.6 cm³/mol. The maximum atomic E-state index is 12.6. The Hall–Kier alpha value is -3.36. The lowest BCUT2D eigenvalue weighted by molar-refractivity contribution is -0.137. The molecule has 1 amide bonds. The number of nitrogens with zero attached hydrogens (tertiary/aromatic N) is 1. The Labute approximate surface area is 150 Å². The van der Waals surface area contributed by atoms with Gasteiger partial charge >= 0.3 is 11.9 Å². The average Bonchev–Trinajstić information content (AvgIpc) is 2.61. The van der Waals surface area contributed by atoms with Gasteiger partial charge < -0.3 is 10.3 Å². The van der Waals surface area contributed by atoms with Crippen LogP contribution in [0.4, 0.5) is 18.9 Å². The molecule has 1 heterocycles. The minimum absolute atomic E-state index is 0.116. The van der Waals surface area contributed by atoms with Crippen LogP contribution >= 0.6 is 0 Å². The Bertz CT molecular complexity index is 1110. The van der Waals surface area contributed by atoms with Crippen LogP contribution in [0, 0.1) is 0 Å². The van der Waals surface area contributed by atoms with E-state index in [1.807, 2.05) is 0 Å². The van der Waals surface area contributed by atoms with Gasteiger partial charge in [0.2, 0.25) is 5.91 Å². The highest BCUT2D eigenvalue weighted by molar-refractivity contribution is 5.93. The number of aromatic nitrogens is 2. The van der Waals surface area contributed by atoms with Crippen LogP contribution in [-0.4, -0.2) is 15.5 Å². The summed E-state index contributed by atoms with van der Waals surface area (Å²) in [5.74, 6) is -0.711. The van der Waals surface area contributed by atoms with Gasteiger partial charge in [0, 0.05) is 5.69 Å². The first kappa shape index (κ1) is 18.4. The standard InChI is InChI=1S/C18H14F3N3O3/c1-10(15(25)22-12-8-6-11(7-9-12)18(19,20)21)24-16(26)13-4-2-3-5-14(13)23-17(24)27/h2-10H,1H3,(H,22,25)(H,23,27)/t10-/m0/s1. The zero-order valence-electron chi connectivity index (χ0n) is 14.0. The third-order valence-corrected chi connectivity index (χ3v) is 4.08. The molecule has 0 spiro atoms. The van der Waals surface area contributed by atoms with Gasteiger partial charge in [0.15, 0.2) is 0 Å². The van der Waals surface area contributed by atoms with Gasteiger partial charge in [0.1, 0.15) is 6.04 Å². The number of halogens is 3. The molecular formula is C18H14F3N3O3. The average molecular weight is 377 g/mol. The van der Waals surface area contributed by atoms with E-state index in [0.29, 0.717) is 5.52 Å². The first-order valence-corrected chi connectivity index (χ1v) is 7.90. The van der Waals surface area contributed by atoms with Crippen molar-refractivity contribution < 1.29 is 18.0 Å². The highest BCUT2D eigenvalue weighted by atomic mass is 19.4. The maximum Gasteiger partial charge on any atom is 0.416 e. The number of aromatic amines is 1. The van der Waals surface area contributed by atoms with Crippen molar-refractivity contribution in [2.75, 3.05) is 5.32 Å². The molecule has 0 saturated heterocycles. The molecule has 0 fully saturated rings. The van der Waals surface area contributed by atoms with Gasteiger partial charge in [-0.25, -0.2) is 9.36 Å². The lowest BCUT2D eigenvalue weighted by Crippen LogP contribution is -2.41. The summed E-state index contributed by atoms with van der Waals surface area (Å²) in [6, 6.07) is 9.04. The SMILES string of the molecule is C[C@@H](C(=O)Nc1ccc(C(F)(F)F)cc1)n1c(=O)[nH]c2ccccc2c1=O. The largest absolute Gasteiger partial charge is 0.416 e. The molecule has 1 aromatic heterocycles. The van der Waals surface area contributed by atoms with Crippen LogP contribution in [-0.2, 0) is 11.0 Å². The van der Waals surface area contributed by atoms with Crippen molar-refractivity contribution in [3.05, 3.63) is 74.9 Å². The van der Waals surface area contributed by atoms with E-state index in [9.17, 15) is 27.6 Å². The molecule has 9 heteroatoms. The Kier molecular flexibility index (Phi) is 4.61. The van der Waals surface area contributed by atoms with E-state index < -0.39 is 34.9 Å². The van der Waals surface area contributed by atoms with Crippen LogP contribution in [0.15, 0.2) is 58.1 Å². The molecule has 0 aliphatic carbocycles. The van der Waals surface area contributed by atoms with Gasteiger partial charge in [-0.05, 0) is 43.3 Å². The number of para-hydroxylation sites is 1. The molecule has 0 radical (unpaired) electrons. The van der Waals surface area contributed by atoms with Gasteiger partial charge in [-0.15, -0.1) is 0 Å². The van der Waals surface area contributed by atoms with Gasteiger partial charge in [0.25, 0.3) is 5.56 Å². The number of benzene rings is 2. The number of fused-ring (bicyclic) bond motifs is 1. The molecule has 0 unspecified atom stereocenters. The summed E-state index contributed by atoms with van der Waals surface area (Å²) in [4.78, 5) is 39.7. The second-order valence-corrected chi connectivity index (χ2v) is 5.89. The fourth-order valence-electron chi connectivity index (χ4n) is 2.63. The highest BCUT2D eigenvalue weighted by Crippen LogP contribution is 2.29. The van der Waals surface area contributed by atoms with Crippen molar-refractivity contribution in [2.45, 2.75) is 19.1 Å². The molecule has 3 rings (SSSR count). The van der Waals surface area contributed by atoms with E-state index in [2.05, 4.69) is 10.3 Å². The topological polar surface area (TPSA) is 84.0 Å². The molecule has 2 aromatic carbocycles. The maximum absolute atomic E-state index is 12.6. The summed E-state index contributed by atoms with van der Waals surface area (Å²) in [6.45, 7) is 1.35. The van der Waals surface area contributed by atoms with Crippen molar-refractivity contribution in [1.29, 1.82) is 0 Å². The quantitative estimate of drug-likeness (QED) is 0.736. The molecule has 1 atom stereocenters. The van der Waals surface area contributed by atoms with E-state index in [0.717, 1.165) is 28.8 Å². The Morgan fingerprint density at radius 2 is 1.70 bits per heavy atom. The molecule has 140 valence electrons. The number of amides is 1. The second-order valence-electron chi connectivity index (χ2n) is 5.89. The second kappa shape index (κ2) is 6.75.